The van der Waals surface area contributed by atoms with E-state index < -0.39 is 6.03 Å². The number of amides is 2. The molecule has 0 saturated carbocycles. The fourth-order valence-electron chi connectivity index (χ4n) is 1.09. The third-order valence-corrected chi connectivity index (χ3v) is 2.27. The van der Waals surface area contributed by atoms with Crippen molar-refractivity contribution in [3.63, 3.8) is 0 Å². The van der Waals surface area contributed by atoms with E-state index in [0.717, 1.165) is 9.46 Å². The molecule has 0 spiro atoms. The summed E-state index contributed by atoms with van der Waals surface area (Å²) >= 11 is 0. The van der Waals surface area contributed by atoms with Crippen LogP contribution in [-0.2, 0) is 0 Å². The SMILES string of the molecule is Cc1c(C)[n+]([O-])c(C)c(C)[n+]1[O-].NC(N)=O. The van der Waals surface area contributed by atoms with E-state index in [4.69, 9.17) is 4.79 Å². The maximum absolute atomic E-state index is 11.3. The lowest BCUT2D eigenvalue weighted by Gasteiger charge is -2.09. The predicted octanol–water partition coefficient (Wildman–Crippen LogP) is -0.789. The minimum absolute atomic E-state index is 0.466. The van der Waals surface area contributed by atoms with Crippen LogP contribution in [0.5, 0.6) is 0 Å². The Morgan fingerprint density at radius 3 is 1.12 bits per heavy atom. The summed E-state index contributed by atoms with van der Waals surface area (Å²) in [5, 5.41) is 22.7. The Bertz CT molecular complexity index is 309. The Hall–Kier alpha value is -2.05. The number of carbonyl (C=O) groups excluding carboxylic acids is 1. The molecule has 7 nitrogen and oxygen atoms in total. The van der Waals surface area contributed by atoms with Crippen molar-refractivity contribution in [3.05, 3.63) is 33.2 Å². The second-order valence-corrected chi connectivity index (χ2v) is 3.33. The van der Waals surface area contributed by atoms with Gasteiger partial charge in [0.2, 0.25) is 0 Å². The number of hydrogen-bond donors (Lipinski definition) is 2. The Morgan fingerprint density at radius 1 is 0.875 bits per heavy atom. The van der Waals surface area contributed by atoms with Gasteiger partial charge in [0, 0.05) is 27.7 Å². The van der Waals surface area contributed by atoms with E-state index in [1.807, 2.05) is 0 Å². The first kappa shape index (κ1) is 13.9. The van der Waals surface area contributed by atoms with Crippen LogP contribution >= 0.6 is 0 Å². The minimum Gasteiger partial charge on any atom is -0.618 e. The molecule has 0 bridgehead atoms. The number of carbonyl (C=O) groups is 1. The van der Waals surface area contributed by atoms with Crippen molar-refractivity contribution in [1.82, 2.24) is 0 Å². The summed E-state index contributed by atoms with van der Waals surface area (Å²) in [6.45, 7) is 6.57. The van der Waals surface area contributed by atoms with Crippen LogP contribution in [0, 0.1) is 38.1 Å². The molecule has 0 saturated heterocycles. The van der Waals surface area contributed by atoms with Crippen LogP contribution in [0.3, 0.4) is 0 Å². The monoisotopic (exact) mass is 228 g/mol. The van der Waals surface area contributed by atoms with Gasteiger partial charge in [0.25, 0.3) is 22.8 Å². The summed E-state index contributed by atoms with van der Waals surface area (Å²) in [4.78, 5) is 9.00. The van der Waals surface area contributed by atoms with E-state index in [-0.39, 0.29) is 0 Å². The van der Waals surface area contributed by atoms with E-state index in [1.165, 1.54) is 0 Å². The van der Waals surface area contributed by atoms with E-state index >= 15 is 0 Å². The van der Waals surface area contributed by atoms with Gasteiger partial charge in [-0.3, -0.25) is 0 Å². The maximum Gasteiger partial charge on any atom is 0.309 e. The lowest BCUT2D eigenvalue weighted by atomic mass is 10.3. The van der Waals surface area contributed by atoms with Crippen LogP contribution in [0.2, 0.25) is 0 Å². The zero-order valence-electron chi connectivity index (χ0n) is 9.77. The normalized spacial score (nSPS) is 9.25. The summed E-state index contributed by atoms with van der Waals surface area (Å²) in [5.74, 6) is 0. The Balaban J connectivity index is 0.000000487. The molecule has 4 N–H and O–H groups in total. The van der Waals surface area contributed by atoms with E-state index in [1.54, 1.807) is 27.7 Å². The molecule has 7 heteroatoms. The molecule has 0 aliphatic rings. The van der Waals surface area contributed by atoms with Crippen LogP contribution in [0.25, 0.3) is 0 Å². The van der Waals surface area contributed by atoms with Crippen molar-refractivity contribution in [2.45, 2.75) is 27.7 Å². The fourth-order valence-corrected chi connectivity index (χ4v) is 1.09. The molecule has 0 atom stereocenters. The maximum atomic E-state index is 11.3. The minimum atomic E-state index is -0.833. The first-order valence-electron chi connectivity index (χ1n) is 4.54. The first-order valence-corrected chi connectivity index (χ1v) is 4.54. The molecular formula is C9H16N4O3. The van der Waals surface area contributed by atoms with Crippen molar-refractivity contribution in [1.29, 1.82) is 0 Å². The number of hydrogen-bond acceptors (Lipinski definition) is 3. The summed E-state index contributed by atoms with van der Waals surface area (Å²) in [6.07, 6.45) is 0. The number of primary amides is 2. The van der Waals surface area contributed by atoms with Gasteiger partial charge in [-0.15, -0.1) is 0 Å². The van der Waals surface area contributed by atoms with Crippen LogP contribution in [0.1, 0.15) is 22.8 Å². The largest absolute Gasteiger partial charge is 0.618 e. The average Bonchev–Trinajstić information content (AvgIpc) is 2.20. The third kappa shape index (κ3) is 2.97. The summed E-state index contributed by atoms with van der Waals surface area (Å²) in [5.41, 5.74) is 10.4. The van der Waals surface area contributed by atoms with Crippen LogP contribution in [-0.4, -0.2) is 6.03 Å². The standard InChI is InChI=1S/C8H12N2O2.CH4N2O/c1-5-6(2)10(12)8(4)7(3)9(5)11;2-1(3)4/h1-4H3;(H4,2,3,4). The Morgan fingerprint density at radius 2 is 1.00 bits per heavy atom. The average molecular weight is 228 g/mol. The van der Waals surface area contributed by atoms with Crippen molar-refractivity contribution < 1.29 is 14.3 Å². The van der Waals surface area contributed by atoms with Crippen LogP contribution < -0.4 is 20.9 Å². The molecule has 0 aliphatic heterocycles. The first-order chi connectivity index (χ1) is 7.20. The smallest absolute Gasteiger partial charge is 0.309 e. The van der Waals surface area contributed by atoms with E-state index in [9.17, 15) is 10.4 Å². The van der Waals surface area contributed by atoms with Crippen LogP contribution in [0.4, 0.5) is 4.79 Å². The molecule has 16 heavy (non-hydrogen) atoms. The molecule has 90 valence electrons. The molecule has 2 amide bonds. The summed E-state index contributed by atoms with van der Waals surface area (Å²) < 4.78 is 1.58. The summed E-state index contributed by atoms with van der Waals surface area (Å²) in [6, 6.07) is -0.833. The third-order valence-electron chi connectivity index (χ3n) is 2.27. The van der Waals surface area contributed by atoms with Gasteiger partial charge >= 0.3 is 6.03 Å². The quantitative estimate of drug-likeness (QED) is 0.446. The molecule has 0 aliphatic carbocycles. The molecular weight excluding hydrogens is 212 g/mol. The van der Waals surface area contributed by atoms with Gasteiger partial charge in [0.15, 0.2) is 0 Å². The number of urea groups is 1. The van der Waals surface area contributed by atoms with Crippen molar-refractivity contribution >= 4 is 6.03 Å². The second-order valence-electron chi connectivity index (χ2n) is 3.33. The van der Waals surface area contributed by atoms with Crippen molar-refractivity contribution in [2.24, 2.45) is 11.5 Å². The van der Waals surface area contributed by atoms with Gasteiger partial charge in [-0.05, 0) is 0 Å². The topological polar surface area (TPSA) is 123 Å². The molecule has 0 fully saturated rings. The van der Waals surface area contributed by atoms with Gasteiger partial charge in [-0.1, -0.05) is 0 Å². The number of aromatic nitrogens is 2. The van der Waals surface area contributed by atoms with Gasteiger partial charge in [-0.2, -0.15) is 9.46 Å². The number of rotatable bonds is 0. The highest BCUT2D eigenvalue weighted by molar-refractivity contribution is 5.69. The van der Waals surface area contributed by atoms with Gasteiger partial charge in [-0.25, -0.2) is 4.79 Å². The molecule has 1 aromatic heterocycles. The molecule has 1 aromatic rings. The van der Waals surface area contributed by atoms with Gasteiger partial charge in [0.05, 0.1) is 0 Å². The molecule has 0 radical (unpaired) electrons. The number of nitrogens with zero attached hydrogens (tertiary/aromatic N) is 2. The molecule has 1 rings (SSSR count). The fraction of sp³-hybridized carbons (Fsp3) is 0.444. The zero-order chi connectivity index (χ0) is 13.0. The van der Waals surface area contributed by atoms with Crippen molar-refractivity contribution in [3.8, 4) is 0 Å². The zero-order valence-corrected chi connectivity index (χ0v) is 9.77. The van der Waals surface area contributed by atoms with Gasteiger partial charge < -0.3 is 21.9 Å². The van der Waals surface area contributed by atoms with Crippen LogP contribution in [0.15, 0.2) is 0 Å². The van der Waals surface area contributed by atoms with E-state index in [2.05, 4.69) is 11.5 Å². The highest BCUT2D eigenvalue weighted by Crippen LogP contribution is 2.00. The Kier molecular flexibility index (Phi) is 4.49. The highest BCUT2D eigenvalue weighted by Gasteiger charge is 2.21. The molecule has 0 unspecified atom stereocenters. The highest BCUT2D eigenvalue weighted by atomic mass is 16.5. The molecule has 0 aromatic carbocycles. The summed E-state index contributed by atoms with van der Waals surface area (Å²) in [7, 11) is 0. The lowest BCUT2D eigenvalue weighted by molar-refractivity contribution is -0.682. The lowest BCUT2D eigenvalue weighted by Crippen LogP contribution is -2.47. The van der Waals surface area contributed by atoms with E-state index in [0.29, 0.717) is 22.8 Å². The van der Waals surface area contributed by atoms with Crippen molar-refractivity contribution in [2.75, 3.05) is 0 Å². The molecule has 1 heterocycles. The Labute approximate surface area is 93.5 Å². The predicted molar refractivity (Wildman–Crippen MR) is 57.1 cm³/mol. The second kappa shape index (κ2) is 5.15. The number of nitrogens with two attached hydrogens (primary N) is 2. The van der Waals surface area contributed by atoms with Gasteiger partial charge in [0.1, 0.15) is 0 Å².